The summed E-state index contributed by atoms with van der Waals surface area (Å²) in [5.74, 6) is 0.381. The zero-order valence-electron chi connectivity index (χ0n) is 15.9. The number of likely N-dealkylation sites (tertiary alicyclic amines) is 1. The SMILES string of the molecule is CN(C)CC(=O)N1CCN(C(=O)C2CCCN2Cc2ccccc2)CC1. The van der Waals surface area contributed by atoms with Crippen LogP contribution in [0, 0.1) is 0 Å². The number of amides is 2. The van der Waals surface area contributed by atoms with Gasteiger partial charge in [0.15, 0.2) is 0 Å². The Kier molecular flexibility index (Phi) is 6.27. The van der Waals surface area contributed by atoms with E-state index < -0.39 is 0 Å². The molecule has 6 nitrogen and oxygen atoms in total. The van der Waals surface area contributed by atoms with E-state index in [4.69, 9.17) is 0 Å². The van der Waals surface area contributed by atoms with E-state index in [9.17, 15) is 9.59 Å². The Hall–Kier alpha value is -1.92. The normalized spacial score (nSPS) is 21.4. The predicted octanol–water partition coefficient (Wildman–Crippen LogP) is 0.883. The van der Waals surface area contributed by atoms with E-state index in [1.165, 1.54) is 5.56 Å². The van der Waals surface area contributed by atoms with Crippen molar-refractivity contribution in [2.24, 2.45) is 0 Å². The average Bonchev–Trinajstić information content (AvgIpc) is 3.09. The van der Waals surface area contributed by atoms with E-state index in [1.54, 1.807) is 0 Å². The molecule has 2 saturated heterocycles. The summed E-state index contributed by atoms with van der Waals surface area (Å²) in [5.41, 5.74) is 1.26. The molecular weight excluding hydrogens is 328 g/mol. The van der Waals surface area contributed by atoms with Crippen LogP contribution in [0.1, 0.15) is 18.4 Å². The lowest BCUT2D eigenvalue weighted by Gasteiger charge is -2.37. The highest BCUT2D eigenvalue weighted by molar-refractivity contribution is 5.83. The first-order valence-corrected chi connectivity index (χ1v) is 9.54. The van der Waals surface area contributed by atoms with Crippen LogP contribution < -0.4 is 0 Å². The van der Waals surface area contributed by atoms with Gasteiger partial charge in [-0.2, -0.15) is 0 Å². The minimum atomic E-state index is -0.0146. The van der Waals surface area contributed by atoms with Crippen LogP contribution in [0.5, 0.6) is 0 Å². The molecule has 6 heteroatoms. The Morgan fingerprint density at radius 1 is 1.00 bits per heavy atom. The van der Waals surface area contributed by atoms with Crippen LogP contribution in [0.3, 0.4) is 0 Å². The minimum Gasteiger partial charge on any atom is -0.338 e. The van der Waals surface area contributed by atoms with Crippen molar-refractivity contribution in [3.05, 3.63) is 35.9 Å². The molecule has 0 N–H and O–H groups in total. The van der Waals surface area contributed by atoms with Gasteiger partial charge in [0.25, 0.3) is 0 Å². The molecule has 2 amide bonds. The van der Waals surface area contributed by atoms with Crippen molar-refractivity contribution in [3.63, 3.8) is 0 Å². The minimum absolute atomic E-state index is 0.0146. The molecule has 2 aliphatic rings. The van der Waals surface area contributed by atoms with Crippen molar-refractivity contribution in [2.45, 2.75) is 25.4 Å². The fourth-order valence-electron chi connectivity index (χ4n) is 3.87. The van der Waals surface area contributed by atoms with Crippen LogP contribution in [0.2, 0.25) is 0 Å². The molecule has 0 aliphatic carbocycles. The van der Waals surface area contributed by atoms with Crippen molar-refractivity contribution >= 4 is 11.8 Å². The highest BCUT2D eigenvalue weighted by atomic mass is 16.2. The maximum absolute atomic E-state index is 13.0. The molecule has 1 aromatic rings. The summed E-state index contributed by atoms with van der Waals surface area (Å²) in [6.45, 7) is 4.82. The monoisotopic (exact) mass is 358 g/mol. The van der Waals surface area contributed by atoms with Gasteiger partial charge in [0.1, 0.15) is 0 Å². The Morgan fingerprint density at radius 2 is 1.65 bits per heavy atom. The first-order valence-electron chi connectivity index (χ1n) is 9.54. The van der Waals surface area contributed by atoms with Gasteiger partial charge in [-0.05, 0) is 39.0 Å². The van der Waals surface area contributed by atoms with Gasteiger partial charge in [0, 0.05) is 32.7 Å². The van der Waals surface area contributed by atoms with Crippen LogP contribution in [-0.2, 0) is 16.1 Å². The van der Waals surface area contributed by atoms with Gasteiger partial charge >= 0.3 is 0 Å². The van der Waals surface area contributed by atoms with Crippen molar-refractivity contribution in [1.82, 2.24) is 19.6 Å². The lowest BCUT2D eigenvalue weighted by molar-refractivity contribution is -0.142. The molecule has 3 rings (SSSR count). The van der Waals surface area contributed by atoms with Crippen LogP contribution in [-0.4, -0.2) is 90.8 Å². The highest BCUT2D eigenvalue weighted by Gasteiger charge is 2.35. The van der Waals surface area contributed by atoms with Crippen molar-refractivity contribution in [2.75, 3.05) is 53.4 Å². The van der Waals surface area contributed by atoms with Gasteiger partial charge in [0.05, 0.1) is 12.6 Å². The smallest absolute Gasteiger partial charge is 0.240 e. The maximum Gasteiger partial charge on any atom is 0.240 e. The lowest BCUT2D eigenvalue weighted by atomic mass is 10.1. The molecule has 2 heterocycles. The predicted molar refractivity (Wildman–Crippen MR) is 102 cm³/mol. The van der Waals surface area contributed by atoms with E-state index >= 15 is 0 Å². The standard InChI is InChI=1S/C20H30N4O2/c1-21(2)16-19(25)22-11-13-23(14-12-22)20(26)18-9-6-10-24(18)15-17-7-4-3-5-8-17/h3-5,7-8,18H,6,9-16H2,1-2H3. The number of piperazine rings is 1. The molecule has 0 radical (unpaired) electrons. The summed E-state index contributed by atoms with van der Waals surface area (Å²) >= 11 is 0. The summed E-state index contributed by atoms with van der Waals surface area (Å²) in [6, 6.07) is 10.3. The summed E-state index contributed by atoms with van der Waals surface area (Å²) in [7, 11) is 3.80. The lowest BCUT2D eigenvalue weighted by Crippen LogP contribution is -2.55. The molecule has 0 aromatic heterocycles. The molecule has 142 valence electrons. The van der Waals surface area contributed by atoms with Crippen molar-refractivity contribution in [3.8, 4) is 0 Å². The Balaban J connectivity index is 1.53. The summed E-state index contributed by atoms with van der Waals surface area (Å²) in [5, 5.41) is 0. The van der Waals surface area contributed by atoms with Crippen LogP contribution >= 0.6 is 0 Å². The van der Waals surface area contributed by atoms with E-state index in [2.05, 4.69) is 17.0 Å². The Labute approximate surface area is 156 Å². The molecule has 0 bridgehead atoms. The van der Waals surface area contributed by atoms with Crippen LogP contribution in [0.25, 0.3) is 0 Å². The molecule has 0 saturated carbocycles. The molecular formula is C20H30N4O2. The molecule has 1 aromatic carbocycles. The Bertz CT molecular complexity index is 611. The summed E-state index contributed by atoms with van der Waals surface area (Å²) in [6.07, 6.45) is 2.01. The van der Waals surface area contributed by atoms with Gasteiger partial charge in [-0.25, -0.2) is 0 Å². The number of likely N-dealkylation sites (N-methyl/N-ethyl adjacent to an activating group) is 1. The second kappa shape index (κ2) is 8.64. The molecule has 2 aliphatic heterocycles. The first-order chi connectivity index (χ1) is 12.5. The second-order valence-electron chi connectivity index (χ2n) is 7.56. The summed E-state index contributed by atoms with van der Waals surface area (Å²) in [4.78, 5) is 33.2. The molecule has 1 atom stereocenters. The van der Waals surface area contributed by atoms with Gasteiger partial charge in [-0.3, -0.25) is 14.5 Å². The van der Waals surface area contributed by atoms with Gasteiger partial charge in [0.2, 0.25) is 11.8 Å². The number of hydrogen-bond donors (Lipinski definition) is 0. The van der Waals surface area contributed by atoms with E-state index in [-0.39, 0.29) is 17.9 Å². The zero-order chi connectivity index (χ0) is 18.5. The topological polar surface area (TPSA) is 47.1 Å². The second-order valence-corrected chi connectivity index (χ2v) is 7.56. The summed E-state index contributed by atoms with van der Waals surface area (Å²) < 4.78 is 0. The number of nitrogens with zero attached hydrogens (tertiary/aromatic N) is 4. The van der Waals surface area contributed by atoms with E-state index in [0.29, 0.717) is 32.7 Å². The fraction of sp³-hybridized carbons (Fsp3) is 0.600. The van der Waals surface area contributed by atoms with Crippen LogP contribution in [0.15, 0.2) is 30.3 Å². The van der Waals surface area contributed by atoms with E-state index in [0.717, 1.165) is 25.9 Å². The van der Waals surface area contributed by atoms with Gasteiger partial charge in [-0.1, -0.05) is 30.3 Å². The fourth-order valence-corrected chi connectivity index (χ4v) is 3.87. The van der Waals surface area contributed by atoms with E-state index in [1.807, 2.05) is 47.0 Å². The van der Waals surface area contributed by atoms with Crippen molar-refractivity contribution < 1.29 is 9.59 Å². The van der Waals surface area contributed by atoms with Crippen molar-refractivity contribution in [1.29, 1.82) is 0 Å². The quantitative estimate of drug-likeness (QED) is 0.784. The number of benzene rings is 1. The third-order valence-corrected chi connectivity index (χ3v) is 5.27. The molecule has 2 fully saturated rings. The largest absolute Gasteiger partial charge is 0.338 e. The van der Waals surface area contributed by atoms with Crippen LogP contribution in [0.4, 0.5) is 0 Å². The average molecular weight is 358 g/mol. The Morgan fingerprint density at radius 3 is 2.31 bits per heavy atom. The molecule has 0 spiro atoms. The number of rotatable bonds is 5. The number of carbonyl (C=O) groups excluding carboxylic acids is 2. The zero-order valence-corrected chi connectivity index (χ0v) is 15.9. The van der Waals surface area contributed by atoms with Gasteiger partial charge < -0.3 is 14.7 Å². The number of hydrogen-bond acceptors (Lipinski definition) is 4. The highest BCUT2D eigenvalue weighted by Crippen LogP contribution is 2.22. The number of carbonyl (C=O) groups is 2. The first kappa shape index (κ1) is 18.9. The molecule has 1 unspecified atom stereocenters. The third kappa shape index (κ3) is 4.62. The molecule has 26 heavy (non-hydrogen) atoms. The van der Waals surface area contributed by atoms with Gasteiger partial charge in [-0.15, -0.1) is 0 Å². The third-order valence-electron chi connectivity index (χ3n) is 5.27. The maximum atomic E-state index is 13.0.